The molecule has 1 saturated heterocycles. The fraction of sp³-hybridized carbons (Fsp3) is 0.550. The van der Waals surface area contributed by atoms with Gasteiger partial charge >= 0.3 is 6.03 Å². The number of rotatable bonds is 6. The summed E-state index contributed by atoms with van der Waals surface area (Å²) in [6, 6.07) is 7.18. The van der Waals surface area contributed by atoms with Crippen molar-refractivity contribution in [2.75, 3.05) is 13.1 Å². The molecule has 4 N–H and O–H groups in total. The van der Waals surface area contributed by atoms with E-state index in [9.17, 15) is 14.4 Å². The lowest BCUT2D eigenvalue weighted by molar-refractivity contribution is -0.134. The Labute approximate surface area is 159 Å². The normalized spacial score (nSPS) is 19.6. The van der Waals surface area contributed by atoms with Crippen molar-refractivity contribution in [3.05, 3.63) is 35.4 Å². The molecule has 3 rings (SSSR count). The second kappa shape index (κ2) is 7.68. The molecular formula is C20H28N4O3. The summed E-state index contributed by atoms with van der Waals surface area (Å²) >= 11 is 0. The first-order valence-corrected chi connectivity index (χ1v) is 9.59. The van der Waals surface area contributed by atoms with Crippen LogP contribution in [0.15, 0.2) is 24.3 Å². The predicted molar refractivity (Wildman–Crippen MR) is 102 cm³/mol. The van der Waals surface area contributed by atoms with Gasteiger partial charge in [0, 0.05) is 12.6 Å². The van der Waals surface area contributed by atoms with Gasteiger partial charge in [-0.15, -0.1) is 0 Å². The van der Waals surface area contributed by atoms with Gasteiger partial charge in [-0.1, -0.05) is 51.0 Å². The second-order valence-corrected chi connectivity index (χ2v) is 7.84. The Bertz CT molecular complexity index is 723. The third kappa shape index (κ3) is 3.98. The summed E-state index contributed by atoms with van der Waals surface area (Å²) < 4.78 is 0. The number of hydrogen-bond donors (Lipinski definition) is 3. The fourth-order valence-corrected chi connectivity index (χ4v) is 3.81. The third-order valence-electron chi connectivity index (χ3n) is 5.56. The zero-order valence-corrected chi connectivity index (χ0v) is 16.0. The summed E-state index contributed by atoms with van der Waals surface area (Å²) in [6.45, 7) is 4.22. The minimum absolute atomic E-state index is 0.245. The molecule has 7 heteroatoms. The van der Waals surface area contributed by atoms with E-state index in [2.05, 4.69) is 24.5 Å². The van der Waals surface area contributed by atoms with Crippen molar-refractivity contribution in [3.63, 3.8) is 0 Å². The van der Waals surface area contributed by atoms with Gasteiger partial charge in [-0.3, -0.25) is 14.5 Å². The maximum absolute atomic E-state index is 12.6. The van der Waals surface area contributed by atoms with Gasteiger partial charge in [-0.2, -0.15) is 0 Å². The van der Waals surface area contributed by atoms with Crippen molar-refractivity contribution in [2.24, 2.45) is 5.73 Å². The number of hydrogen-bond acceptors (Lipinski definition) is 4. The molecule has 0 bridgehead atoms. The average molecular weight is 372 g/mol. The number of carbonyl (C=O) groups is 3. The van der Waals surface area contributed by atoms with Crippen LogP contribution in [0.3, 0.4) is 0 Å². The minimum atomic E-state index is -0.786. The topological polar surface area (TPSA) is 105 Å². The van der Waals surface area contributed by atoms with Gasteiger partial charge < -0.3 is 16.4 Å². The Morgan fingerprint density at radius 3 is 2.37 bits per heavy atom. The first-order valence-electron chi connectivity index (χ1n) is 9.59. The summed E-state index contributed by atoms with van der Waals surface area (Å²) in [7, 11) is 0. The van der Waals surface area contributed by atoms with Crippen LogP contribution in [0.2, 0.25) is 0 Å². The molecule has 1 heterocycles. The SMILES string of the molecule is CC(C)c1ccc(C(N)CNC(=O)CN2C(=O)NC3(CCCC3)C2=O)cc1. The van der Waals surface area contributed by atoms with Crippen LogP contribution in [-0.4, -0.2) is 41.4 Å². The zero-order chi connectivity index (χ0) is 19.6. The van der Waals surface area contributed by atoms with Gasteiger partial charge in [0.1, 0.15) is 12.1 Å². The summed E-state index contributed by atoms with van der Waals surface area (Å²) in [5, 5.41) is 5.50. The van der Waals surface area contributed by atoms with Crippen molar-refractivity contribution in [1.29, 1.82) is 0 Å². The van der Waals surface area contributed by atoms with E-state index in [0.717, 1.165) is 23.3 Å². The molecule has 1 spiro atoms. The fourth-order valence-electron chi connectivity index (χ4n) is 3.81. The second-order valence-electron chi connectivity index (χ2n) is 7.84. The monoisotopic (exact) mass is 372 g/mol. The van der Waals surface area contributed by atoms with Crippen LogP contribution >= 0.6 is 0 Å². The standard InChI is InChI=1S/C20H28N4O3/c1-13(2)14-5-7-15(8-6-14)16(21)11-22-17(25)12-24-18(26)20(23-19(24)27)9-3-4-10-20/h5-8,13,16H,3-4,9-12,21H2,1-2H3,(H,22,25)(H,23,27). The Morgan fingerprint density at radius 2 is 1.78 bits per heavy atom. The molecule has 1 aromatic rings. The van der Waals surface area contributed by atoms with Crippen LogP contribution in [0, 0.1) is 0 Å². The molecular weight excluding hydrogens is 344 g/mol. The number of amides is 4. The van der Waals surface area contributed by atoms with Gasteiger partial charge in [-0.25, -0.2) is 4.79 Å². The molecule has 1 atom stereocenters. The van der Waals surface area contributed by atoms with Gasteiger partial charge in [0.2, 0.25) is 5.91 Å². The lowest BCUT2D eigenvalue weighted by atomic mass is 9.98. The van der Waals surface area contributed by atoms with Crippen molar-refractivity contribution in [3.8, 4) is 0 Å². The van der Waals surface area contributed by atoms with Gasteiger partial charge in [0.15, 0.2) is 0 Å². The molecule has 1 aromatic carbocycles. The molecule has 1 unspecified atom stereocenters. The highest BCUT2D eigenvalue weighted by Gasteiger charge is 2.52. The van der Waals surface area contributed by atoms with Crippen molar-refractivity contribution in [1.82, 2.24) is 15.5 Å². The highest BCUT2D eigenvalue weighted by molar-refractivity contribution is 6.09. The van der Waals surface area contributed by atoms with Crippen LogP contribution in [0.25, 0.3) is 0 Å². The van der Waals surface area contributed by atoms with Crippen LogP contribution in [0.4, 0.5) is 4.79 Å². The van der Waals surface area contributed by atoms with Crippen LogP contribution in [-0.2, 0) is 9.59 Å². The van der Waals surface area contributed by atoms with E-state index in [-0.39, 0.29) is 30.9 Å². The number of carbonyl (C=O) groups excluding carboxylic acids is 3. The molecule has 27 heavy (non-hydrogen) atoms. The summed E-state index contributed by atoms with van der Waals surface area (Å²) in [5.41, 5.74) is 7.53. The van der Waals surface area contributed by atoms with E-state index >= 15 is 0 Å². The van der Waals surface area contributed by atoms with E-state index in [1.807, 2.05) is 24.3 Å². The van der Waals surface area contributed by atoms with E-state index in [0.29, 0.717) is 18.8 Å². The highest BCUT2D eigenvalue weighted by Crippen LogP contribution is 2.34. The number of benzene rings is 1. The maximum Gasteiger partial charge on any atom is 0.325 e. The third-order valence-corrected chi connectivity index (χ3v) is 5.56. The predicted octanol–water partition coefficient (Wildman–Crippen LogP) is 1.79. The lowest BCUT2D eigenvalue weighted by Gasteiger charge is -2.20. The lowest BCUT2D eigenvalue weighted by Crippen LogP contribution is -2.45. The average Bonchev–Trinajstić information content (AvgIpc) is 3.20. The molecule has 146 valence electrons. The Balaban J connectivity index is 1.52. The van der Waals surface area contributed by atoms with Crippen LogP contribution in [0.5, 0.6) is 0 Å². The smallest absolute Gasteiger partial charge is 0.325 e. The van der Waals surface area contributed by atoms with Gasteiger partial charge in [0.05, 0.1) is 0 Å². The maximum atomic E-state index is 12.6. The molecule has 4 amide bonds. The van der Waals surface area contributed by atoms with Crippen LogP contribution in [0.1, 0.15) is 62.6 Å². The highest BCUT2D eigenvalue weighted by atomic mass is 16.2. The first-order chi connectivity index (χ1) is 12.8. The first kappa shape index (κ1) is 19.4. The van der Waals surface area contributed by atoms with E-state index in [4.69, 9.17) is 5.73 Å². The number of nitrogens with one attached hydrogen (secondary N) is 2. The van der Waals surface area contributed by atoms with Gasteiger partial charge in [-0.05, 0) is 29.9 Å². The number of nitrogens with two attached hydrogens (primary N) is 1. The van der Waals surface area contributed by atoms with E-state index in [1.165, 1.54) is 5.56 Å². The quantitative estimate of drug-likeness (QED) is 0.662. The minimum Gasteiger partial charge on any atom is -0.353 e. The number of imide groups is 1. The molecule has 2 fully saturated rings. The molecule has 0 radical (unpaired) electrons. The van der Waals surface area contributed by atoms with E-state index < -0.39 is 11.6 Å². The number of nitrogens with zero attached hydrogens (tertiary/aromatic N) is 1. The Hall–Kier alpha value is -2.41. The summed E-state index contributed by atoms with van der Waals surface area (Å²) in [5.74, 6) is -0.223. The molecule has 7 nitrogen and oxygen atoms in total. The number of urea groups is 1. The Morgan fingerprint density at radius 1 is 1.19 bits per heavy atom. The summed E-state index contributed by atoms with van der Waals surface area (Å²) in [6.07, 6.45) is 3.12. The molecule has 1 aliphatic heterocycles. The summed E-state index contributed by atoms with van der Waals surface area (Å²) in [4.78, 5) is 37.9. The zero-order valence-electron chi connectivity index (χ0n) is 16.0. The van der Waals surface area contributed by atoms with E-state index in [1.54, 1.807) is 0 Å². The van der Waals surface area contributed by atoms with Crippen molar-refractivity contribution in [2.45, 2.75) is 57.0 Å². The van der Waals surface area contributed by atoms with Crippen molar-refractivity contribution >= 4 is 17.8 Å². The van der Waals surface area contributed by atoms with Crippen LogP contribution < -0.4 is 16.4 Å². The molecule has 1 saturated carbocycles. The molecule has 0 aromatic heterocycles. The van der Waals surface area contributed by atoms with Gasteiger partial charge in [0.25, 0.3) is 5.91 Å². The largest absolute Gasteiger partial charge is 0.353 e. The molecule has 2 aliphatic rings. The Kier molecular flexibility index (Phi) is 5.51. The molecule has 1 aliphatic carbocycles. The van der Waals surface area contributed by atoms with Crippen molar-refractivity contribution < 1.29 is 14.4 Å².